The van der Waals surface area contributed by atoms with Gasteiger partial charge in [0.25, 0.3) is 0 Å². The zero-order valence-corrected chi connectivity index (χ0v) is 9.26. The number of alkyl halides is 3. The maximum Gasteiger partial charge on any atom is 0.471 e. The van der Waals surface area contributed by atoms with Gasteiger partial charge in [0.1, 0.15) is 0 Å². The Labute approximate surface area is 92.2 Å². The highest BCUT2D eigenvalue weighted by molar-refractivity contribution is 5.85. The third kappa shape index (κ3) is 3.53. The molecule has 90 valence electrons. The second kappa shape index (κ2) is 4.57. The number of nitrogens with one attached hydrogen (secondary N) is 2. The SMILES string of the molecule is CC1(C)CNCC1NC(=O)C(F)(F)F.Cl. The molecule has 2 N–H and O–H groups in total. The van der Waals surface area contributed by atoms with E-state index in [9.17, 15) is 18.0 Å². The van der Waals surface area contributed by atoms with Crippen molar-refractivity contribution in [2.24, 2.45) is 5.41 Å². The number of carbonyl (C=O) groups is 1. The van der Waals surface area contributed by atoms with E-state index in [-0.39, 0.29) is 17.8 Å². The lowest BCUT2D eigenvalue weighted by molar-refractivity contribution is -0.174. The minimum atomic E-state index is -4.79. The van der Waals surface area contributed by atoms with Crippen molar-refractivity contribution < 1.29 is 18.0 Å². The molecule has 0 aliphatic carbocycles. The Balaban J connectivity index is 0.00000196. The summed E-state index contributed by atoms with van der Waals surface area (Å²) in [4.78, 5) is 10.6. The van der Waals surface area contributed by atoms with E-state index >= 15 is 0 Å². The highest BCUT2D eigenvalue weighted by Crippen LogP contribution is 2.25. The molecule has 0 aromatic carbocycles. The summed E-state index contributed by atoms with van der Waals surface area (Å²) in [5, 5.41) is 4.92. The minimum absolute atomic E-state index is 0. The molecule has 3 nitrogen and oxygen atoms in total. The molecule has 1 fully saturated rings. The predicted molar refractivity (Wildman–Crippen MR) is 51.9 cm³/mol. The summed E-state index contributed by atoms with van der Waals surface area (Å²) in [6.07, 6.45) is -4.79. The Bertz CT molecular complexity index is 243. The van der Waals surface area contributed by atoms with Crippen LogP contribution in [0.25, 0.3) is 0 Å². The molecule has 0 spiro atoms. The first-order valence-electron chi connectivity index (χ1n) is 4.32. The van der Waals surface area contributed by atoms with Gasteiger partial charge < -0.3 is 10.6 Å². The predicted octanol–water partition coefficient (Wildman–Crippen LogP) is 1.08. The van der Waals surface area contributed by atoms with Gasteiger partial charge in [0.05, 0.1) is 0 Å². The molecule has 0 aromatic rings. The second-order valence-corrected chi connectivity index (χ2v) is 4.14. The highest BCUT2D eigenvalue weighted by Gasteiger charge is 2.43. The fourth-order valence-electron chi connectivity index (χ4n) is 1.42. The maximum absolute atomic E-state index is 11.9. The normalized spacial score (nSPS) is 24.5. The van der Waals surface area contributed by atoms with Gasteiger partial charge in [-0.05, 0) is 5.41 Å². The fourth-order valence-corrected chi connectivity index (χ4v) is 1.42. The third-order valence-corrected chi connectivity index (χ3v) is 2.44. The molecule has 0 saturated carbocycles. The number of rotatable bonds is 1. The van der Waals surface area contributed by atoms with Gasteiger partial charge in [-0.15, -0.1) is 12.4 Å². The van der Waals surface area contributed by atoms with Crippen LogP contribution < -0.4 is 10.6 Å². The quantitative estimate of drug-likeness (QED) is 0.727. The van der Waals surface area contributed by atoms with E-state index in [0.717, 1.165) is 0 Å². The van der Waals surface area contributed by atoms with Crippen molar-refractivity contribution >= 4 is 18.3 Å². The molecule has 7 heteroatoms. The van der Waals surface area contributed by atoms with Crippen LogP contribution in [-0.2, 0) is 4.79 Å². The molecule has 1 aliphatic heterocycles. The van der Waals surface area contributed by atoms with Crippen LogP contribution in [0.4, 0.5) is 13.2 Å². The first kappa shape index (κ1) is 14.5. The van der Waals surface area contributed by atoms with Crippen LogP contribution in [0.2, 0.25) is 0 Å². The molecule has 1 atom stereocenters. The Kier molecular flexibility index (Phi) is 4.42. The Morgan fingerprint density at radius 2 is 2.00 bits per heavy atom. The van der Waals surface area contributed by atoms with E-state index < -0.39 is 18.1 Å². The number of amides is 1. The number of halogens is 4. The van der Waals surface area contributed by atoms with E-state index in [1.165, 1.54) is 0 Å². The van der Waals surface area contributed by atoms with Gasteiger partial charge in [0, 0.05) is 19.1 Å². The summed E-state index contributed by atoms with van der Waals surface area (Å²) in [5.41, 5.74) is -0.332. The van der Waals surface area contributed by atoms with Crippen molar-refractivity contribution in [3.05, 3.63) is 0 Å². The van der Waals surface area contributed by atoms with E-state index in [1.54, 1.807) is 0 Å². The van der Waals surface area contributed by atoms with Gasteiger partial charge in [-0.1, -0.05) is 13.8 Å². The van der Waals surface area contributed by atoms with Crippen molar-refractivity contribution in [1.82, 2.24) is 10.6 Å². The van der Waals surface area contributed by atoms with Gasteiger partial charge in [-0.2, -0.15) is 13.2 Å². The van der Waals surface area contributed by atoms with Crippen molar-refractivity contribution in [3.63, 3.8) is 0 Å². The summed E-state index contributed by atoms with van der Waals surface area (Å²) >= 11 is 0. The molecule has 0 radical (unpaired) electrons. The summed E-state index contributed by atoms with van der Waals surface area (Å²) in [6, 6.07) is -0.461. The van der Waals surface area contributed by atoms with Gasteiger partial charge in [0.15, 0.2) is 0 Å². The minimum Gasteiger partial charge on any atom is -0.344 e. The molecule has 1 amide bonds. The monoisotopic (exact) mass is 246 g/mol. The summed E-state index contributed by atoms with van der Waals surface area (Å²) in [7, 11) is 0. The summed E-state index contributed by atoms with van der Waals surface area (Å²) in [6.45, 7) is 4.62. The highest BCUT2D eigenvalue weighted by atomic mass is 35.5. The zero-order chi connectivity index (χ0) is 11.0. The number of hydrogen-bond donors (Lipinski definition) is 2. The average molecular weight is 247 g/mol. The molecule has 1 unspecified atom stereocenters. The largest absolute Gasteiger partial charge is 0.471 e. The first-order chi connectivity index (χ1) is 6.23. The van der Waals surface area contributed by atoms with Crippen molar-refractivity contribution in [3.8, 4) is 0 Å². The van der Waals surface area contributed by atoms with Crippen LogP contribution >= 0.6 is 12.4 Å². The van der Waals surface area contributed by atoms with Crippen LogP contribution in [0.1, 0.15) is 13.8 Å². The molecule has 1 saturated heterocycles. The van der Waals surface area contributed by atoms with Gasteiger partial charge in [-0.3, -0.25) is 4.79 Å². The van der Waals surface area contributed by atoms with Crippen LogP contribution in [0.3, 0.4) is 0 Å². The van der Waals surface area contributed by atoms with Crippen LogP contribution in [0, 0.1) is 5.41 Å². The second-order valence-electron chi connectivity index (χ2n) is 4.14. The van der Waals surface area contributed by atoms with E-state index in [4.69, 9.17) is 0 Å². The lowest BCUT2D eigenvalue weighted by atomic mass is 9.88. The lowest BCUT2D eigenvalue weighted by Crippen LogP contribution is -2.49. The standard InChI is InChI=1S/C8H13F3N2O.ClH/c1-7(2)4-12-3-5(7)13-6(14)8(9,10)11;/h5,12H,3-4H2,1-2H3,(H,13,14);1H. The third-order valence-electron chi connectivity index (χ3n) is 2.44. The van der Waals surface area contributed by atoms with Gasteiger partial charge >= 0.3 is 12.1 Å². The van der Waals surface area contributed by atoms with Gasteiger partial charge in [-0.25, -0.2) is 0 Å². The summed E-state index contributed by atoms with van der Waals surface area (Å²) in [5.74, 6) is -1.86. The van der Waals surface area contributed by atoms with Crippen molar-refractivity contribution in [2.45, 2.75) is 26.1 Å². The van der Waals surface area contributed by atoms with Gasteiger partial charge in [0.2, 0.25) is 0 Å². The molecule has 15 heavy (non-hydrogen) atoms. The van der Waals surface area contributed by atoms with Crippen molar-refractivity contribution in [2.75, 3.05) is 13.1 Å². The van der Waals surface area contributed by atoms with E-state index in [1.807, 2.05) is 19.2 Å². The molecule has 1 rings (SSSR count). The zero-order valence-electron chi connectivity index (χ0n) is 8.44. The smallest absolute Gasteiger partial charge is 0.344 e. The Hall–Kier alpha value is -0.490. The molecule has 0 aromatic heterocycles. The van der Waals surface area contributed by atoms with Crippen LogP contribution in [0.15, 0.2) is 0 Å². The Morgan fingerprint density at radius 1 is 1.47 bits per heavy atom. The molecule has 0 bridgehead atoms. The number of carbonyl (C=O) groups excluding carboxylic acids is 1. The fraction of sp³-hybridized carbons (Fsp3) is 0.875. The molecule has 1 heterocycles. The topological polar surface area (TPSA) is 41.1 Å². The summed E-state index contributed by atoms with van der Waals surface area (Å²) < 4.78 is 35.8. The Morgan fingerprint density at radius 3 is 2.33 bits per heavy atom. The molecular weight excluding hydrogens is 233 g/mol. The lowest BCUT2D eigenvalue weighted by Gasteiger charge is -2.26. The molecular formula is C8H14ClF3N2O. The van der Waals surface area contributed by atoms with Crippen LogP contribution in [-0.4, -0.2) is 31.2 Å². The average Bonchev–Trinajstić information content (AvgIpc) is 2.29. The van der Waals surface area contributed by atoms with E-state index in [0.29, 0.717) is 13.1 Å². The first-order valence-corrected chi connectivity index (χ1v) is 4.32. The maximum atomic E-state index is 11.9. The van der Waals surface area contributed by atoms with Crippen LogP contribution in [0.5, 0.6) is 0 Å². The van der Waals surface area contributed by atoms with E-state index in [2.05, 4.69) is 5.32 Å². The molecule has 1 aliphatic rings. The van der Waals surface area contributed by atoms with Crippen molar-refractivity contribution in [1.29, 1.82) is 0 Å². The number of hydrogen-bond acceptors (Lipinski definition) is 2.